The van der Waals surface area contributed by atoms with E-state index < -0.39 is 5.91 Å². The van der Waals surface area contributed by atoms with E-state index in [1.165, 1.54) is 0 Å². The van der Waals surface area contributed by atoms with Gasteiger partial charge in [-0.2, -0.15) is 0 Å². The molecule has 0 fully saturated rings. The molecule has 0 radical (unpaired) electrons. The fraction of sp³-hybridized carbons (Fsp3) is 0.217. The molecule has 1 aliphatic heterocycles. The van der Waals surface area contributed by atoms with Crippen LogP contribution in [0.1, 0.15) is 27.2 Å². The van der Waals surface area contributed by atoms with Gasteiger partial charge in [0.15, 0.2) is 0 Å². The van der Waals surface area contributed by atoms with Gasteiger partial charge in [-0.3, -0.25) is 4.79 Å². The van der Waals surface area contributed by atoms with E-state index >= 15 is 0 Å². The SMILES string of the molecule is NC(=O)c1cccc2c(-c3nc4c(c(NCc5ccccc5)n3)CCOCC4)onc12. The molecule has 2 aromatic carbocycles. The standard InChI is InChI=1S/C23H21N5O3/c24-21(29)17-8-4-7-16-19(17)28-31-20(16)23-26-18-10-12-30-11-9-15(18)22(27-23)25-13-14-5-2-1-3-6-14/h1-8H,9-13H2,(H2,24,29)(H,25,26,27). The van der Waals surface area contributed by atoms with Gasteiger partial charge in [-0.25, -0.2) is 9.97 Å². The Morgan fingerprint density at radius 3 is 2.71 bits per heavy atom. The van der Waals surface area contributed by atoms with Crippen molar-refractivity contribution in [2.24, 2.45) is 5.73 Å². The number of primary amides is 1. The highest BCUT2D eigenvalue weighted by molar-refractivity contribution is 6.07. The molecule has 8 nitrogen and oxygen atoms in total. The molecule has 3 N–H and O–H groups in total. The van der Waals surface area contributed by atoms with Crippen molar-refractivity contribution in [2.45, 2.75) is 19.4 Å². The fourth-order valence-corrected chi connectivity index (χ4v) is 3.80. The third kappa shape index (κ3) is 3.73. The number of aromatic nitrogens is 3. The molecule has 0 aliphatic carbocycles. The predicted molar refractivity (Wildman–Crippen MR) is 116 cm³/mol. The maximum atomic E-state index is 11.7. The molecule has 0 saturated heterocycles. The van der Waals surface area contributed by atoms with Crippen LogP contribution in [-0.2, 0) is 24.1 Å². The van der Waals surface area contributed by atoms with E-state index in [2.05, 4.69) is 22.6 Å². The molecule has 0 spiro atoms. The lowest BCUT2D eigenvalue weighted by Crippen LogP contribution is -2.11. The van der Waals surface area contributed by atoms with E-state index in [4.69, 9.17) is 25.0 Å². The average Bonchev–Trinajstić information content (AvgIpc) is 3.08. The van der Waals surface area contributed by atoms with E-state index in [9.17, 15) is 4.79 Å². The topological polar surface area (TPSA) is 116 Å². The minimum atomic E-state index is -0.560. The Labute approximate surface area is 178 Å². The Morgan fingerprint density at radius 1 is 1.03 bits per heavy atom. The van der Waals surface area contributed by atoms with Crippen LogP contribution < -0.4 is 11.1 Å². The van der Waals surface area contributed by atoms with Gasteiger partial charge in [0.1, 0.15) is 11.3 Å². The highest BCUT2D eigenvalue weighted by atomic mass is 16.5. The number of hydrogen-bond donors (Lipinski definition) is 2. The summed E-state index contributed by atoms with van der Waals surface area (Å²) >= 11 is 0. The zero-order valence-electron chi connectivity index (χ0n) is 16.8. The van der Waals surface area contributed by atoms with E-state index in [0.717, 1.165) is 29.1 Å². The van der Waals surface area contributed by atoms with Gasteiger partial charge in [0, 0.05) is 24.9 Å². The molecule has 3 heterocycles. The Hall–Kier alpha value is -3.78. The van der Waals surface area contributed by atoms with Crippen LogP contribution in [0.2, 0.25) is 0 Å². The highest BCUT2D eigenvalue weighted by Gasteiger charge is 2.22. The molecule has 1 amide bonds. The van der Waals surface area contributed by atoms with Crippen LogP contribution in [0.3, 0.4) is 0 Å². The van der Waals surface area contributed by atoms with Crippen molar-refractivity contribution in [3.63, 3.8) is 0 Å². The van der Waals surface area contributed by atoms with Crippen molar-refractivity contribution in [3.8, 4) is 11.6 Å². The summed E-state index contributed by atoms with van der Waals surface area (Å²) in [6.07, 6.45) is 1.42. The summed E-state index contributed by atoms with van der Waals surface area (Å²) in [5.41, 5.74) is 9.32. The minimum Gasteiger partial charge on any atom is -0.381 e. The van der Waals surface area contributed by atoms with Crippen molar-refractivity contribution in [1.82, 2.24) is 15.1 Å². The first-order chi connectivity index (χ1) is 15.2. The summed E-state index contributed by atoms with van der Waals surface area (Å²) in [6.45, 7) is 1.86. The lowest BCUT2D eigenvalue weighted by Gasteiger charge is -2.14. The molecule has 0 saturated carbocycles. The van der Waals surface area contributed by atoms with E-state index in [0.29, 0.717) is 54.2 Å². The summed E-state index contributed by atoms with van der Waals surface area (Å²) in [5, 5.41) is 8.17. The minimum absolute atomic E-state index is 0.304. The molecule has 2 aromatic heterocycles. The van der Waals surface area contributed by atoms with Gasteiger partial charge in [-0.05, 0) is 17.7 Å². The predicted octanol–water partition coefficient (Wildman–Crippen LogP) is 3.11. The maximum Gasteiger partial charge on any atom is 0.251 e. The number of ether oxygens (including phenoxy) is 1. The molecule has 0 bridgehead atoms. The normalized spacial score (nSPS) is 13.5. The number of fused-ring (bicyclic) bond motifs is 2. The van der Waals surface area contributed by atoms with Crippen LogP contribution in [-0.4, -0.2) is 34.2 Å². The largest absolute Gasteiger partial charge is 0.381 e. The number of rotatable bonds is 5. The van der Waals surface area contributed by atoms with Crippen molar-refractivity contribution in [2.75, 3.05) is 18.5 Å². The second-order valence-electron chi connectivity index (χ2n) is 7.35. The smallest absolute Gasteiger partial charge is 0.251 e. The summed E-state index contributed by atoms with van der Waals surface area (Å²) in [6, 6.07) is 15.3. The van der Waals surface area contributed by atoms with Crippen LogP contribution in [0.25, 0.3) is 22.5 Å². The van der Waals surface area contributed by atoms with E-state index in [1.807, 2.05) is 24.3 Å². The lowest BCUT2D eigenvalue weighted by atomic mass is 10.1. The number of hydrogen-bond acceptors (Lipinski definition) is 7. The lowest BCUT2D eigenvalue weighted by molar-refractivity contribution is 0.100. The Bertz CT molecular complexity index is 1250. The van der Waals surface area contributed by atoms with Crippen molar-refractivity contribution >= 4 is 22.6 Å². The van der Waals surface area contributed by atoms with Crippen LogP contribution in [0.15, 0.2) is 53.1 Å². The number of nitrogens with two attached hydrogens (primary N) is 1. The zero-order valence-corrected chi connectivity index (χ0v) is 16.8. The van der Waals surface area contributed by atoms with Gasteiger partial charge < -0.3 is 20.3 Å². The van der Waals surface area contributed by atoms with Gasteiger partial charge in [0.05, 0.1) is 29.9 Å². The Kier molecular flexibility index (Phi) is 5.05. The number of anilines is 1. The molecule has 156 valence electrons. The van der Waals surface area contributed by atoms with Gasteiger partial charge in [-0.15, -0.1) is 0 Å². The second-order valence-corrected chi connectivity index (χ2v) is 7.35. The summed E-state index contributed by atoms with van der Waals surface area (Å²) in [4.78, 5) is 21.3. The van der Waals surface area contributed by atoms with E-state index in [-0.39, 0.29) is 0 Å². The van der Waals surface area contributed by atoms with Gasteiger partial charge >= 0.3 is 0 Å². The van der Waals surface area contributed by atoms with Crippen LogP contribution in [0.4, 0.5) is 5.82 Å². The first-order valence-corrected chi connectivity index (χ1v) is 10.1. The zero-order chi connectivity index (χ0) is 21.2. The summed E-state index contributed by atoms with van der Waals surface area (Å²) in [5.74, 6) is 1.02. The van der Waals surface area contributed by atoms with Gasteiger partial charge in [0.25, 0.3) is 5.91 Å². The molecule has 4 aromatic rings. The number of carbonyl (C=O) groups excluding carboxylic acids is 1. The number of benzene rings is 2. The molecule has 0 unspecified atom stereocenters. The number of nitrogens with zero attached hydrogens (tertiary/aromatic N) is 3. The number of nitrogens with one attached hydrogen (secondary N) is 1. The van der Waals surface area contributed by atoms with Crippen LogP contribution in [0, 0.1) is 0 Å². The fourth-order valence-electron chi connectivity index (χ4n) is 3.80. The monoisotopic (exact) mass is 415 g/mol. The molecule has 1 aliphatic rings. The van der Waals surface area contributed by atoms with Gasteiger partial charge in [-0.1, -0.05) is 41.6 Å². The molecule has 31 heavy (non-hydrogen) atoms. The summed E-state index contributed by atoms with van der Waals surface area (Å²) in [7, 11) is 0. The third-order valence-electron chi connectivity index (χ3n) is 5.35. The van der Waals surface area contributed by atoms with Crippen LogP contribution >= 0.6 is 0 Å². The molecule has 0 atom stereocenters. The quantitative estimate of drug-likeness (QED) is 0.514. The maximum absolute atomic E-state index is 11.7. The second kappa shape index (κ2) is 8.16. The summed E-state index contributed by atoms with van der Waals surface area (Å²) < 4.78 is 11.2. The Balaban J connectivity index is 1.59. The third-order valence-corrected chi connectivity index (χ3v) is 5.35. The molecular formula is C23H21N5O3. The number of amides is 1. The first-order valence-electron chi connectivity index (χ1n) is 10.1. The Morgan fingerprint density at radius 2 is 1.87 bits per heavy atom. The average molecular weight is 415 g/mol. The van der Waals surface area contributed by atoms with E-state index in [1.54, 1.807) is 12.1 Å². The van der Waals surface area contributed by atoms with Crippen molar-refractivity contribution in [3.05, 3.63) is 70.9 Å². The van der Waals surface area contributed by atoms with Crippen LogP contribution in [0.5, 0.6) is 0 Å². The van der Waals surface area contributed by atoms with Gasteiger partial charge in [0.2, 0.25) is 11.6 Å². The van der Waals surface area contributed by atoms with Crippen molar-refractivity contribution in [1.29, 1.82) is 0 Å². The first kappa shape index (κ1) is 19.2. The number of carbonyl (C=O) groups is 1. The van der Waals surface area contributed by atoms with Crippen molar-refractivity contribution < 1.29 is 14.1 Å². The molecule has 8 heteroatoms. The molecule has 5 rings (SSSR count). The highest BCUT2D eigenvalue weighted by Crippen LogP contribution is 2.31. The molecular weight excluding hydrogens is 394 g/mol.